The smallest absolute Gasteiger partial charge is 0.382 e. The molecular formula is C19H27FN10O11P2. The number of hydrogen-bond acceptors (Lipinski definition) is 16. The summed E-state index contributed by atoms with van der Waals surface area (Å²) in [6.45, 7) is -2.23. The highest BCUT2D eigenvalue weighted by molar-refractivity contribution is 7.47. The van der Waals surface area contributed by atoms with Crippen LogP contribution in [0.1, 0.15) is 32.7 Å². The standard InChI is InChI=1S/C19H27FN10O11P2/c1-3-9(29-5-25-10-12(21)23-4-24-13(10)29)38-19(37-7-42(33)34)41-43(35,36)40-8(2)16(39-17(20)32)30-6-26-11-14(30)27-18(22)28-15(11)31/h4-6,8-9,16-17,19,32,42H,3,7H2,1-2H3,(H,33,34)(H,35,36)(H2,21,23,24)(H3,22,27,28,31)/t8?,9-,16-,17?,19?/m1/s1. The Bertz CT molecular complexity index is 1700. The number of imidazole rings is 2. The van der Waals surface area contributed by atoms with Crippen LogP contribution in [-0.2, 0) is 32.4 Å². The van der Waals surface area contributed by atoms with Crippen LogP contribution in [0.4, 0.5) is 16.2 Å². The van der Waals surface area contributed by atoms with Crippen LogP contribution < -0.4 is 17.0 Å². The molecule has 0 radical (unpaired) electrons. The number of rotatable bonds is 15. The Morgan fingerprint density at radius 3 is 2.49 bits per heavy atom. The number of nitrogen functional groups attached to an aromatic ring is 2. The normalized spacial score (nSPS) is 17.8. The van der Waals surface area contributed by atoms with Crippen molar-refractivity contribution in [3.8, 4) is 0 Å². The number of nitrogens with two attached hydrogens (primary N) is 2. The van der Waals surface area contributed by atoms with E-state index in [0.29, 0.717) is 0 Å². The number of H-pyrrole nitrogens is 1. The zero-order chi connectivity index (χ0) is 31.5. The van der Waals surface area contributed by atoms with Crippen molar-refractivity contribution in [1.82, 2.24) is 39.0 Å². The van der Waals surface area contributed by atoms with E-state index in [1.165, 1.54) is 17.2 Å². The summed E-state index contributed by atoms with van der Waals surface area (Å²) in [5, 5.41) is 9.26. The number of phosphoric ester groups is 1. The molecule has 0 fully saturated rings. The number of aromatic nitrogens is 8. The molecule has 0 amide bonds. The second kappa shape index (κ2) is 13.5. The number of nitrogens with zero attached hydrogens (tertiary/aromatic N) is 7. The molecule has 5 unspecified atom stereocenters. The van der Waals surface area contributed by atoms with E-state index in [9.17, 15) is 33.2 Å². The molecule has 236 valence electrons. The topological polar surface area (TPSA) is 300 Å². The number of ether oxygens (including phenoxy) is 3. The van der Waals surface area contributed by atoms with Crippen LogP contribution in [0.5, 0.6) is 0 Å². The molecule has 0 aromatic carbocycles. The quantitative estimate of drug-likeness (QED) is 0.0730. The van der Waals surface area contributed by atoms with Crippen molar-refractivity contribution in [3.05, 3.63) is 29.3 Å². The van der Waals surface area contributed by atoms with Gasteiger partial charge in [-0.2, -0.15) is 9.37 Å². The number of fused-ring (bicyclic) bond motifs is 2. The number of hydrogen-bond donors (Lipinski definition) is 6. The Morgan fingerprint density at radius 2 is 1.81 bits per heavy atom. The second-order valence-corrected chi connectivity index (χ2v) is 11.0. The highest BCUT2D eigenvalue weighted by atomic mass is 31.2. The van der Waals surface area contributed by atoms with E-state index in [1.54, 1.807) is 6.92 Å². The molecule has 0 saturated carbocycles. The predicted octanol–water partition coefficient (Wildman–Crippen LogP) is 0.0565. The molecule has 4 rings (SSSR count). The molecule has 43 heavy (non-hydrogen) atoms. The summed E-state index contributed by atoms with van der Waals surface area (Å²) in [7, 11) is -8.54. The molecule has 0 aliphatic carbocycles. The lowest BCUT2D eigenvalue weighted by atomic mass is 10.3. The monoisotopic (exact) mass is 652 g/mol. The molecule has 4 aromatic heterocycles. The number of phosphoric acid groups is 1. The van der Waals surface area contributed by atoms with Gasteiger partial charge in [0.05, 0.1) is 12.7 Å². The molecule has 0 aliphatic heterocycles. The summed E-state index contributed by atoms with van der Waals surface area (Å²) in [4.78, 5) is 53.9. The van der Waals surface area contributed by atoms with Crippen LogP contribution in [0.25, 0.3) is 22.3 Å². The Hall–Kier alpha value is -3.43. The molecule has 4 aromatic rings. The maximum atomic E-state index is 13.6. The number of nitrogens with one attached hydrogen (secondary N) is 1. The highest BCUT2D eigenvalue weighted by Gasteiger charge is 2.37. The van der Waals surface area contributed by atoms with Crippen molar-refractivity contribution in [3.63, 3.8) is 0 Å². The molecule has 0 spiro atoms. The van der Waals surface area contributed by atoms with Gasteiger partial charge in [0, 0.05) is 0 Å². The summed E-state index contributed by atoms with van der Waals surface area (Å²) in [6.07, 6.45) is -1.67. The van der Waals surface area contributed by atoms with E-state index in [4.69, 9.17) is 34.7 Å². The van der Waals surface area contributed by atoms with E-state index >= 15 is 0 Å². The van der Waals surface area contributed by atoms with Crippen molar-refractivity contribution in [2.24, 2.45) is 0 Å². The van der Waals surface area contributed by atoms with Crippen molar-refractivity contribution >= 4 is 49.9 Å². The fourth-order valence-corrected chi connectivity index (χ4v) is 5.02. The minimum Gasteiger partial charge on any atom is -0.382 e. The lowest BCUT2D eigenvalue weighted by Crippen LogP contribution is -2.30. The number of aliphatic hydroxyl groups is 1. The van der Waals surface area contributed by atoms with Gasteiger partial charge in [-0.25, -0.2) is 29.0 Å². The summed E-state index contributed by atoms with van der Waals surface area (Å²) < 4.78 is 66.0. The maximum Gasteiger partial charge on any atom is 0.476 e. The summed E-state index contributed by atoms with van der Waals surface area (Å²) in [5.41, 5.74) is 10.6. The van der Waals surface area contributed by atoms with E-state index in [2.05, 4.69) is 29.9 Å². The number of aliphatic hydroxyl groups excluding tert-OH is 1. The molecule has 24 heteroatoms. The van der Waals surface area contributed by atoms with Crippen LogP contribution >= 0.6 is 15.9 Å². The Balaban J connectivity index is 1.58. The third kappa shape index (κ3) is 7.75. The first-order valence-electron chi connectivity index (χ1n) is 12.1. The van der Waals surface area contributed by atoms with E-state index in [-0.39, 0.29) is 40.5 Å². The minimum absolute atomic E-state index is 0.0760. The van der Waals surface area contributed by atoms with Crippen molar-refractivity contribution < 1.29 is 51.7 Å². The Kier molecular flexibility index (Phi) is 10.2. The van der Waals surface area contributed by atoms with Gasteiger partial charge >= 0.3 is 14.4 Å². The second-order valence-electron chi connectivity index (χ2n) is 8.55. The molecule has 0 saturated heterocycles. The highest BCUT2D eigenvalue weighted by Crippen LogP contribution is 2.48. The number of anilines is 2. The summed E-state index contributed by atoms with van der Waals surface area (Å²) >= 11 is 0. The van der Waals surface area contributed by atoms with Crippen molar-refractivity contribution in [1.29, 1.82) is 0 Å². The Labute approximate surface area is 240 Å². The number of aromatic amines is 1. The van der Waals surface area contributed by atoms with E-state index in [0.717, 1.165) is 17.8 Å². The number of alkyl halides is 1. The molecule has 4 heterocycles. The van der Waals surface area contributed by atoms with Gasteiger partial charge in [0.25, 0.3) is 12.0 Å². The Morgan fingerprint density at radius 1 is 1.12 bits per heavy atom. The summed E-state index contributed by atoms with van der Waals surface area (Å²) in [5.74, 6) is -0.263. The first-order valence-corrected chi connectivity index (χ1v) is 15.2. The van der Waals surface area contributed by atoms with Gasteiger partial charge in [-0.15, -0.1) is 0 Å². The van der Waals surface area contributed by atoms with E-state index < -0.39 is 59.3 Å². The van der Waals surface area contributed by atoms with Gasteiger partial charge in [-0.1, -0.05) is 6.92 Å². The predicted molar refractivity (Wildman–Crippen MR) is 142 cm³/mol. The fraction of sp³-hybridized carbons (Fsp3) is 0.474. The molecular weight excluding hydrogens is 625 g/mol. The van der Waals surface area contributed by atoms with E-state index in [1.807, 2.05) is 0 Å². The molecule has 21 nitrogen and oxygen atoms in total. The minimum atomic E-state index is -5.27. The molecule has 8 N–H and O–H groups in total. The summed E-state index contributed by atoms with van der Waals surface area (Å²) in [6, 6.07) is 0. The van der Waals surface area contributed by atoms with Gasteiger partial charge in [0.15, 0.2) is 28.9 Å². The SMILES string of the molecule is CC[C@@H](OC(OC[PH](=O)O)OP(=O)(O)OC(C)[C@@H](OC(O)F)n1cnc2c(=O)[nH]c(N)nc21)n1cnc2c(N)ncnc21. The van der Waals surface area contributed by atoms with Crippen LogP contribution in [0.15, 0.2) is 23.8 Å². The first-order chi connectivity index (χ1) is 20.3. The molecule has 0 aliphatic rings. The maximum absolute atomic E-state index is 13.6. The third-order valence-electron chi connectivity index (χ3n) is 5.55. The lowest BCUT2D eigenvalue weighted by molar-refractivity contribution is -0.282. The average Bonchev–Trinajstić information content (AvgIpc) is 3.54. The van der Waals surface area contributed by atoms with Crippen LogP contribution in [0.2, 0.25) is 0 Å². The van der Waals surface area contributed by atoms with Crippen LogP contribution in [0, 0.1) is 0 Å². The van der Waals surface area contributed by atoms with Gasteiger partial charge in [-0.3, -0.25) is 32.7 Å². The van der Waals surface area contributed by atoms with Crippen LogP contribution in [-0.4, -0.2) is 79.4 Å². The molecule has 7 atom stereocenters. The lowest BCUT2D eigenvalue weighted by Gasteiger charge is -2.29. The largest absolute Gasteiger partial charge is 0.476 e. The average molecular weight is 652 g/mol. The van der Waals surface area contributed by atoms with Crippen molar-refractivity contribution in [2.45, 2.75) is 51.8 Å². The first kappa shape index (κ1) is 32.5. The van der Waals surface area contributed by atoms with Gasteiger partial charge in [0.1, 0.15) is 30.5 Å². The van der Waals surface area contributed by atoms with Gasteiger partial charge < -0.3 is 35.8 Å². The van der Waals surface area contributed by atoms with Crippen LogP contribution in [0.3, 0.4) is 0 Å². The zero-order valence-electron chi connectivity index (χ0n) is 22.3. The third-order valence-corrected chi connectivity index (χ3v) is 7.01. The zero-order valence-corrected chi connectivity index (χ0v) is 24.1. The fourth-order valence-electron chi connectivity index (χ4n) is 3.84. The van der Waals surface area contributed by atoms with Gasteiger partial charge in [0.2, 0.25) is 14.0 Å². The van der Waals surface area contributed by atoms with Gasteiger partial charge in [-0.05, 0) is 13.3 Å². The molecule has 0 bridgehead atoms. The number of halogens is 1. The van der Waals surface area contributed by atoms with Crippen molar-refractivity contribution in [2.75, 3.05) is 17.8 Å².